The highest BCUT2D eigenvalue weighted by atomic mass is 16.3. The molecule has 4 aromatic rings. The van der Waals surface area contributed by atoms with Crippen LogP contribution < -0.4 is 4.57 Å². The van der Waals surface area contributed by atoms with E-state index >= 15 is 0 Å². The average Bonchev–Trinajstić information content (AvgIpc) is 3.06. The van der Waals surface area contributed by atoms with Gasteiger partial charge in [0.05, 0.1) is 11.1 Å². The summed E-state index contributed by atoms with van der Waals surface area (Å²) in [5.74, 6) is 0. The first kappa shape index (κ1) is 14.0. The van der Waals surface area contributed by atoms with E-state index in [1.165, 1.54) is 6.07 Å². The van der Waals surface area contributed by atoms with Crippen LogP contribution >= 0.6 is 0 Å². The maximum absolute atomic E-state index is 9.94. The van der Waals surface area contributed by atoms with Crippen LogP contribution in [0.4, 0.5) is 0 Å². The normalized spacial score (nSPS) is 14.4. The first-order valence-electron chi connectivity index (χ1n) is 11.3. The van der Waals surface area contributed by atoms with Crippen molar-refractivity contribution in [1.82, 2.24) is 0 Å². The zero-order valence-electron chi connectivity index (χ0n) is 20.8. The smallest absolute Gasteiger partial charge is 0.216 e. The van der Waals surface area contributed by atoms with Gasteiger partial charge in [0.1, 0.15) is 20.1 Å². The van der Waals surface area contributed by atoms with Crippen LogP contribution in [0.1, 0.15) is 48.5 Å². The highest BCUT2D eigenvalue weighted by Gasteiger charge is 2.25. The number of pyridine rings is 1. The Morgan fingerprint density at radius 1 is 1.07 bits per heavy atom. The predicted octanol–water partition coefficient (Wildman–Crippen LogP) is 5.86. The molecule has 0 aliphatic heterocycles. The summed E-state index contributed by atoms with van der Waals surface area (Å²) in [6, 6.07) is 13.5. The van der Waals surface area contributed by atoms with E-state index in [9.17, 15) is 5.26 Å². The van der Waals surface area contributed by atoms with Gasteiger partial charge in [-0.05, 0) is 36.4 Å². The monoisotopic (exact) mass is 373 g/mol. The van der Waals surface area contributed by atoms with Gasteiger partial charge in [0, 0.05) is 26.5 Å². The molecule has 0 radical (unpaired) electrons. The zero-order valence-corrected chi connectivity index (χ0v) is 16.8. The molecular weight excluding hydrogens is 344 g/mol. The van der Waals surface area contributed by atoms with E-state index < -0.39 is 6.85 Å². The van der Waals surface area contributed by atoms with Crippen LogP contribution in [0.25, 0.3) is 33.2 Å². The third-order valence-electron chi connectivity index (χ3n) is 5.25. The lowest BCUT2D eigenvalue weighted by Crippen LogP contribution is -2.31. The second-order valence-corrected chi connectivity index (χ2v) is 8.27. The van der Waals surface area contributed by atoms with Gasteiger partial charge in [-0.1, -0.05) is 45.0 Å². The van der Waals surface area contributed by atoms with Gasteiger partial charge in [0.2, 0.25) is 5.69 Å². The Morgan fingerprint density at radius 2 is 1.79 bits per heavy atom. The molecule has 2 aromatic heterocycles. The number of aromatic nitrogens is 1. The molecule has 0 saturated carbocycles. The van der Waals surface area contributed by atoms with Gasteiger partial charge in [-0.3, -0.25) is 0 Å². The average molecular weight is 374 g/mol. The van der Waals surface area contributed by atoms with Crippen LogP contribution in [0.15, 0.2) is 47.0 Å². The van der Waals surface area contributed by atoms with E-state index in [0.717, 1.165) is 27.5 Å². The van der Waals surface area contributed by atoms with E-state index in [4.69, 9.17) is 9.90 Å². The van der Waals surface area contributed by atoms with Crippen LogP contribution in [-0.2, 0) is 12.5 Å². The molecule has 3 heteroatoms. The molecule has 0 aliphatic rings. The number of nitriles is 1. The molecule has 28 heavy (non-hydrogen) atoms. The molecule has 140 valence electrons. The minimum Gasteiger partial charge on any atom is -0.454 e. The minimum atomic E-state index is -2.36. The lowest BCUT2D eigenvalue weighted by Gasteiger charge is -2.20. The number of aryl methyl sites for hydroxylation is 2. The Morgan fingerprint density at radius 3 is 2.46 bits per heavy atom. The first-order chi connectivity index (χ1) is 14.9. The molecule has 0 spiro atoms. The highest BCUT2D eigenvalue weighted by molar-refractivity contribution is 6.11. The maximum Gasteiger partial charge on any atom is 0.216 e. The summed E-state index contributed by atoms with van der Waals surface area (Å²) < 4.78 is 39.4. The van der Waals surface area contributed by atoms with Crippen molar-refractivity contribution in [3.8, 4) is 17.3 Å². The lowest BCUT2D eigenvalue weighted by molar-refractivity contribution is -0.660. The summed E-state index contributed by atoms with van der Waals surface area (Å²) in [7, 11) is 1.69. The molecule has 0 amide bonds. The topological polar surface area (TPSA) is 40.8 Å². The Kier molecular flexibility index (Phi) is 3.09. The summed E-state index contributed by atoms with van der Waals surface area (Å²) in [6.45, 7) is 5.79. The largest absolute Gasteiger partial charge is 0.454 e. The number of rotatable bonds is 1. The van der Waals surface area contributed by atoms with Gasteiger partial charge in [-0.25, -0.2) is 4.57 Å². The summed E-state index contributed by atoms with van der Waals surface area (Å²) in [4.78, 5) is 0. The van der Waals surface area contributed by atoms with Gasteiger partial charge in [0.25, 0.3) is 0 Å². The van der Waals surface area contributed by atoms with Gasteiger partial charge < -0.3 is 4.42 Å². The molecule has 0 aliphatic carbocycles. The molecule has 0 atom stereocenters. The summed E-state index contributed by atoms with van der Waals surface area (Å²) in [5.41, 5.74) is 4.81. The molecule has 4 rings (SSSR count). The van der Waals surface area contributed by atoms with Crippen molar-refractivity contribution in [3.05, 3.63) is 64.8 Å². The van der Waals surface area contributed by atoms with Gasteiger partial charge in [-0.2, -0.15) is 5.26 Å². The molecular formula is C25H25N2O+. The Hall–Kier alpha value is -3.12. The van der Waals surface area contributed by atoms with E-state index in [-0.39, 0.29) is 17.2 Å². The molecule has 2 heterocycles. The van der Waals surface area contributed by atoms with E-state index in [0.29, 0.717) is 22.4 Å². The number of furan rings is 1. The van der Waals surface area contributed by atoms with Crippen LogP contribution in [0.2, 0.25) is 0 Å². The fraction of sp³-hybridized carbons (Fsp3) is 0.280. The van der Waals surface area contributed by atoms with E-state index in [1.54, 1.807) is 17.7 Å². The molecule has 0 fully saturated rings. The van der Waals surface area contributed by atoms with Crippen molar-refractivity contribution in [1.29, 1.82) is 5.26 Å². The molecule has 0 N–H and O–H groups in total. The van der Waals surface area contributed by atoms with Crippen LogP contribution in [0.5, 0.6) is 0 Å². The molecule has 0 unspecified atom stereocenters. The Labute approximate surface area is 171 Å². The van der Waals surface area contributed by atoms with Gasteiger partial charge in [0.15, 0.2) is 11.8 Å². The molecule has 0 saturated heterocycles. The quantitative estimate of drug-likeness (QED) is 0.392. The van der Waals surface area contributed by atoms with E-state index in [2.05, 4.69) is 26.8 Å². The summed E-state index contributed by atoms with van der Waals surface area (Å²) >= 11 is 0. The Balaban J connectivity index is 2.09. The third kappa shape index (κ3) is 2.68. The number of fused-ring (bicyclic) bond motifs is 3. The standard InChI is InChI=1S/C25H25N2O/c1-15-7-12-21(27(6)14-15)22-16(2)8-9-18-17-10-11-20(25(3,4)5)19(13-26)23(17)28-24(18)22/h7-12,14H,1-6H3/q+1/i1D3,14D. The molecule has 0 bridgehead atoms. The second-order valence-electron chi connectivity index (χ2n) is 8.27. The number of hydrogen-bond donors (Lipinski definition) is 0. The van der Waals surface area contributed by atoms with Gasteiger partial charge in [-0.15, -0.1) is 0 Å². The number of benzene rings is 2. The number of hydrogen-bond acceptors (Lipinski definition) is 2. The molecule has 3 nitrogen and oxygen atoms in total. The SMILES string of the molecule is [2H]c1c(C([2H])([2H])[2H])ccc(-c2c(C)ccc3c2oc2c(C#N)c(C(C)(C)C)ccc23)[n+]1C. The Bertz CT molecular complexity index is 1430. The van der Waals surface area contributed by atoms with Crippen molar-refractivity contribution >= 4 is 21.9 Å². The van der Waals surface area contributed by atoms with Crippen molar-refractivity contribution in [2.75, 3.05) is 0 Å². The van der Waals surface area contributed by atoms with Crippen molar-refractivity contribution in [2.45, 2.75) is 40.0 Å². The van der Waals surface area contributed by atoms with Crippen LogP contribution in [0.3, 0.4) is 0 Å². The predicted molar refractivity (Wildman–Crippen MR) is 113 cm³/mol. The highest BCUT2D eigenvalue weighted by Crippen LogP contribution is 2.40. The third-order valence-corrected chi connectivity index (χ3v) is 5.25. The fourth-order valence-corrected chi connectivity index (χ4v) is 3.86. The maximum atomic E-state index is 9.94. The minimum absolute atomic E-state index is 0.000213. The first-order valence-corrected chi connectivity index (χ1v) is 9.26. The van der Waals surface area contributed by atoms with Crippen LogP contribution in [-0.4, -0.2) is 0 Å². The van der Waals surface area contributed by atoms with Crippen molar-refractivity contribution in [2.24, 2.45) is 7.05 Å². The van der Waals surface area contributed by atoms with Crippen molar-refractivity contribution in [3.63, 3.8) is 0 Å². The fourth-order valence-electron chi connectivity index (χ4n) is 3.86. The van der Waals surface area contributed by atoms with Gasteiger partial charge >= 0.3 is 0 Å². The van der Waals surface area contributed by atoms with Crippen molar-refractivity contribution < 1.29 is 14.5 Å². The summed E-state index contributed by atoms with van der Waals surface area (Å²) in [6.07, 6.45) is -0.0669. The number of nitrogens with zero attached hydrogens (tertiary/aromatic N) is 2. The molecule has 2 aromatic carbocycles. The van der Waals surface area contributed by atoms with Crippen LogP contribution in [0, 0.1) is 25.1 Å². The summed E-state index contributed by atoms with van der Waals surface area (Å²) in [5, 5.41) is 11.7. The van der Waals surface area contributed by atoms with E-state index in [1.807, 2.05) is 31.2 Å². The second kappa shape index (κ2) is 6.21. The lowest BCUT2D eigenvalue weighted by atomic mass is 9.83. The zero-order chi connectivity index (χ0) is 23.6.